The Morgan fingerprint density at radius 3 is 3.00 bits per heavy atom. The number of epoxide rings is 1. The summed E-state index contributed by atoms with van der Waals surface area (Å²) in [5, 5.41) is 0. The van der Waals surface area contributed by atoms with E-state index in [1.54, 1.807) is 6.08 Å². The van der Waals surface area contributed by atoms with Crippen molar-refractivity contribution in [1.29, 1.82) is 0 Å². The highest BCUT2D eigenvalue weighted by Crippen LogP contribution is 2.17. The smallest absolute Gasteiger partial charge is 0.309 e. The van der Waals surface area contributed by atoms with Crippen molar-refractivity contribution in [3.05, 3.63) is 12.7 Å². The monoisotopic (exact) mass is 212 g/mol. The van der Waals surface area contributed by atoms with E-state index in [9.17, 15) is 4.79 Å². The first-order valence-corrected chi connectivity index (χ1v) is 5.67. The molecule has 15 heavy (non-hydrogen) atoms. The molecule has 2 atom stereocenters. The second-order valence-electron chi connectivity index (χ2n) is 3.95. The average Bonchev–Trinajstić information content (AvgIpc) is 3.04. The molecule has 0 amide bonds. The highest BCUT2D eigenvalue weighted by molar-refractivity contribution is 5.72. The molecule has 1 rings (SSSR count). The predicted octanol–water partition coefficient (Wildman–Crippen LogP) is 2.31. The molecular formula is C12H20O3. The van der Waals surface area contributed by atoms with Gasteiger partial charge in [0.2, 0.25) is 0 Å². The summed E-state index contributed by atoms with van der Waals surface area (Å²) in [6.07, 6.45) is 5.72. The second kappa shape index (κ2) is 6.62. The van der Waals surface area contributed by atoms with Crippen molar-refractivity contribution < 1.29 is 14.3 Å². The number of allylic oxidation sites excluding steroid dienone is 1. The Kier molecular flexibility index (Phi) is 5.40. The van der Waals surface area contributed by atoms with Crippen molar-refractivity contribution in [1.82, 2.24) is 0 Å². The number of hydrogen-bond donors (Lipinski definition) is 0. The number of ether oxygens (including phenoxy) is 2. The third kappa shape index (κ3) is 4.98. The molecule has 0 aromatic carbocycles. The highest BCUT2D eigenvalue weighted by Gasteiger charge is 2.26. The van der Waals surface area contributed by atoms with Crippen LogP contribution in [0.1, 0.15) is 32.6 Å². The molecule has 0 aliphatic carbocycles. The zero-order valence-electron chi connectivity index (χ0n) is 9.41. The van der Waals surface area contributed by atoms with E-state index in [0.717, 1.165) is 25.9 Å². The summed E-state index contributed by atoms with van der Waals surface area (Å²) >= 11 is 0. The van der Waals surface area contributed by atoms with E-state index in [2.05, 4.69) is 13.5 Å². The van der Waals surface area contributed by atoms with E-state index in [-0.39, 0.29) is 18.0 Å². The minimum Gasteiger partial charge on any atom is -0.463 e. The van der Waals surface area contributed by atoms with Crippen LogP contribution < -0.4 is 0 Å². The maximum Gasteiger partial charge on any atom is 0.309 e. The first-order chi connectivity index (χ1) is 7.27. The van der Waals surface area contributed by atoms with Crippen LogP contribution in [0.2, 0.25) is 0 Å². The number of hydrogen-bond acceptors (Lipinski definition) is 3. The van der Waals surface area contributed by atoms with Gasteiger partial charge in [-0.25, -0.2) is 0 Å². The van der Waals surface area contributed by atoms with Gasteiger partial charge < -0.3 is 9.47 Å². The molecule has 0 aromatic heterocycles. The van der Waals surface area contributed by atoms with E-state index >= 15 is 0 Å². The van der Waals surface area contributed by atoms with Crippen LogP contribution in [-0.2, 0) is 14.3 Å². The van der Waals surface area contributed by atoms with Gasteiger partial charge in [0.05, 0.1) is 12.5 Å². The van der Waals surface area contributed by atoms with Gasteiger partial charge >= 0.3 is 5.97 Å². The quantitative estimate of drug-likeness (QED) is 0.352. The number of rotatable bonds is 8. The summed E-state index contributed by atoms with van der Waals surface area (Å²) in [7, 11) is 0. The fourth-order valence-corrected chi connectivity index (χ4v) is 1.44. The fraction of sp³-hybridized carbons (Fsp3) is 0.750. The molecule has 0 N–H and O–H groups in total. The summed E-state index contributed by atoms with van der Waals surface area (Å²) in [5.74, 6) is -0.111. The lowest BCUT2D eigenvalue weighted by molar-refractivity contribution is -0.149. The van der Waals surface area contributed by atoms with Gasteiger partial charge in [-0.2, -0.15) is 0 Å². The van der Waals surface area contributed by atoms with Crippen LogP contribution in [-0.4, -0.2) is 25.3 Å². The number of carbonyl (C=O) groups is 1. The maximum absolute atomic E-state index is 11.6. The summed E-state index contributed by atoms with van der Waals surface area (Å²) in [6, 6.07) is 0. The second-order valence-corrected chi connectivity index (χ2v) is 3.95. The molecule has 86 valence electrons. The maximum atomic E-state index is 11.6. The molecule has 3 heteroatoms. The van der Waals surface area contributed by atoms with Crippen molar-refractivity contribution in [2.24, 2.45) is 5.92 Å². The van der Waals surface area contributed by atoms with Gasteiger partial charge in [-0.3, -0.25) is 4.79 Å². The molecule has 2 unspecified atom stereocenters. The molecule has 1 fully saturated rings. The van der Waals surface area contributed by atoms with Crippen molar-refractivity contribution in [2.75, 3.05) is 13.2 Å². The third-order valence-corrected chi connectivity index (χ3v) is 2.50. The van der Waals surface area contributed by atoms with Gasteiger partial charge in [0.25, 0.3) is 0 Å². The molecule has 0 aromatic rings. The first-order valence-electron chi connectivity index (χ1n) is 5.67. The molecule has 1 heterocycles. The molecule has 1 aliphatic heterocycles. The zero-order valence-corrected chi connectivity index (χ0v) is 9.41. The van der Waals surface area contributed by atoms with E-state index in [1.807, 2.05) is 0 Å². The Morgan fingerprint density at radius 2 is 2.47 bits per heavy atom. The van der Waals surface area contributed by atoms with Crippen molar-refractivity contribution >= 4 is 5.97 Å². The topological polar surface area (TPSA) is 38.8 Å². The molecule has 0 radical (unpaired) electrons. The van der Waals surface area contributed by atoms with E-state index in [1.165, 1.54) is 0 Å². The van der Waals surface area contributed by atoms with Gasteiger partial charge in [-0.05, 0) is 12.8 Å². The summed E-state index contributed by atoms with van der Waals surface area (Å²) < 4.78 is 10.1. The zero-order chi connectivity index (χ0) is 11.1. The normalized spacial score (nSPS) is 20.7. The fourth-order valence-electron chi connectivity index (χ4n) is 1.44. The standard InChI is InChI=1S/C12H20O3/c1-3-5-7-10(6-4-2)12(13)15-9-11-8-14-11/h4,10-11H,2-3,5-9H2,1H3. The average molecular weight is 212 g/mol. The van der Waals surface area contributed by atoms with Gasteiger partial charge in [0.1, 0.15) is 12.7 Å². The van der Waals surface area contributed by atoms with Crippen LogP contribution in [0.15, 0.2) is 12.7 Å². The lowest BCUT2D eigenvalue weighted by atomic mass is 9.99. The first kappa shape index (κ1) is 12.2. The van der Waals surface area contributed by atoms with Gasteiger partial charge in [-0.15, -0.1) is 6.58 Å². The molecule has 1 saturated heterocycles. The van der Waals surface area contributed by atoms with E-state index < -0.39 is 0 Å². The van der Waals surface area contributed by atoms with Gasteiger partial charge in [0, 0.05) is 0 Å². The Balaban J connectivity index is 2.23. The molecule has 0 bridgehead atoms. The number of carbonyl (C=O) groups excluding carboxylic acids is 1. The van der Waals surface area contributed by atoms with Crippen molar-refractivity contribution in [3.63, 3.8) is 0 Å². The highest BCUT2D eigenvalue weighted by atomic mass is 16.6. The predicted molar refractivity (Wildman–Crippen MR) is 58.5 cm³/mol. The Bertz CT molecular complexity index is 209. The summed E-state index contributed by atoms with van der Waals surface area (Å²) in [6.45, 7) is 6.93. The summed E-state index contributed by atoms with van der Waals surface area (Å²) in [5.41, 5.74) is 0. The lowest BCUT2D eigenvalue weighted by Gasteiger charge is -2.13. The number of esters is 1. The van der Waals surface area contributed by atoms with Crippen LogP contribution in [0, 0.1) is 5.92 Å². The molecule has 0 spiro atoms. The van der Waals surface area contributed by atoms with Crippen LogP contribution in [0.3, 0.4) is 0 Å². The van der Waals surface area contributed by atoms with E-state index in [0.29, 0.717) is 13.0 Å². The lowest BCUT2D eigenvalue weighted by Crippen LogP contribution is -2.19. The van der Waals surface area contributed by atoms with Crippen LogP contribution in [0.25, 0.3) is 0 Å². The minimum atomic E-state index is -0.0983. The van der Waals surface area contributed by atoms with Crippen LogP contribution >= 0.6 is 0 Å². The Labute approximate surface area is 91.4 Å². The Morgan fingerprint density at radius 1 is 1.73 bits per heavy atom. The summed E-state index contributed by atoms with van der Waals surface area (Å²) in [4.78, 5) is 11.6. The van der Waals surface area contributed by atoms with Crippen molar-refractivity contribution in [2.45, 2.75) is 38.7 Å². The van der Waals surface area contributed by atoms with Crippen molar-refractivity contribution in [3.8, 4) is 0 Å². The molecule has 3 nitrogen and oxygen atoms in total. The third-order valence-electron chi connectivity index (χ3n) is 2.50. The van der Waals surface area contributed by atoms with Gasteiger partial charge in [0.15, 0.2) is 0 Å². The SMILES string of the molecule is C=CCC(CCCC)C(=O)OCC1CO1. The molecule has 1 aliphatic rings. The molecule has 0 saturated carbocycles. The number of unbranched alkanes of at least 4 members (excludes halogenated alkanes) is 1. The van der Waals surface area contributed by atoms with E-state index in [4.69, 9.17) is 9.47 Å². The van der Waals surface area contributed by atoms with Crippen LogP contribution in [0.4, 0.5) is 0 Å². The Hall–Kier alpha value is -0.830. The van der Waals surface area contributed by atoms with Gasteiger partial charge in [-0.1, -0.05) is 25.8 Å². The largest absolute Gasteiger partial charge is 0.463 e. The molecular weight excluding hydrogens is 192 g/mol. The minimum absolute atomic E-state index is 0.0128. The van der Waals surface area contributed by atoms with Crippen LogP contribution in [0.5, 0.6) is 0 Å².